The van der Waals surface area contributed by atoms with E-state index in [-0.39, 0.29) is 18.6 Å². The van der Waals surface area contributed by atoms with Crippen LogP contribution in [0.5, 0.6) is 11.5 Å². The molecule has 0 saturated heterocycles. The Labute approximate surface area is 205 Å². The van der Waals surface area contributed by atoms with Crippen LogP contribution >= 0.6 is 11.3 Å². The van der Waals surface area contributed by atoms with E-state index in [2.05, 4.69) is 10.3 Å². The molecule has 4 rings (SSSR count). The van der Waals surface area contributed by atoms with Gasteiger partial charge in [0, 0.05) is 6.20 Å². The zero-order chi connectivity index (χ0) is 24.9. The predicted molar refractivity (Wildman–Crippen MR) is 132 cm³/mol. The Bertz CT molecular complexity index is 1440. The molecule has 0 aliphatic heterocycles. The first-order valence-electron chi connectivity index (χ1n) is 11.1. The van der Waals surface area contributed by atoms with Crippen molar-refractivity contribution in [3.8, 4) is 11.5 Å². The van der Waals surface area contributed by atoms with E-state index in [4.69, 9.17) is 14.2 Å². The van der Waals surface area contributed by atoms with Gasteiger partial charge in [-0.1, -0.05) is 12.1 Å². The zero-order valence-corrected chi connectivity index (χ0v) is 20.4. The summed E-state index contributed by atoms with van der Waals surface area (Å²) >= 11 is 1.12. The molecule has 3 aromatic heterocycles. The predicted octanol–water partition coefficient (Wildman–Crippen LogP) is 3.74. The van der Waals surface area contributed by atoms with E-state index in [1.54, 1.807) is 49.5 Å². The van der Waals surface area contributed by atoms with Crippen molar-refractivity contribution in [2.24, 2.45) is 0 Å². The molecule has 1 amide bonds. The molecule has 182 valence electrons. The summed E-state index contributed by atoms with van der Waals surface area (Å²) in [5.74, 6) is 0.165. The number of hydrogen-bond donors (Lipinski definition) is 1. The maximum Gasteiger partial charge on any atom is 0.308 e. The van der Waals surface area contributed by atoms with Gasteiger partial charge in [0.1, 0.15) is 10.5 Å². The van der Waals surface area contributed by atoms with Crippen LogP contribution in [0.4, 0.5) is 0 Å². The van der Waals surface area contributed by atoms with E-state index in [0.29, 0.717) is 44.4 Å². The summed E-state index contributed by atoms with van der Waals surface area (Å²) < 4.78 is 17.5. The Balaban J connectivity index is 1.67. The minimum atomic E-state index is -0.690. The molecule has 9 nitrogen and oxygen atoms in total. The summed E-state index contributed by atoms with van der Waals surface area (Å²) in [6.45, 7) is 4.28. The number of rotatable bonds is 9. The largest absolute Gasteiger partial charge is 0.493 e. The fourth-order valence-electron chi connectivity index (χ4n) is 3.70. The van der Waals surface area contributed by atoms with Crippen molar-refractivity contribution >= 4 is 39.1 Å². The van der Waals surface area contributed by atoms with Gasteiger partial charge >= 0.3 is 5.97 Å². The van der Waals surface area contributed by atoms with Crippen LogP contribution in [-0.4, -0.2) is 41.6 Å². The Hall–Kier alpha value is -3.92. The van der Waals surface area contributed by atoms with Crippen molar-refractivity contribution in [2.45, 2.75) is 26.3 Å². The third-order valence-electron chi connectivity index (χ3n) is 5.31. The number of carbonyl (C=O) groups is 2. The number of nitrogens with one attached hydrogen (secondary N) is 1. The zero-order valence-electron chi connectivity index (χ0n) is 19.6. The normalized spacial score (nSPS) is 11.9. The molecular formula is C25H25N3O6S. The van der Waals surface area contributed by atoms with Crippen molar-refractivity contribution in [2.75, 3.05) is 20.3 Å². The summed E-state index contributed by atoms with van der Waals surface area (Å²) in [6, 6.07) is 11.3. The number of amides is 1. The molecule has 3 heterocycles. The average molecular weight is 496 g/mol. The van der Waals surface area contributed by atoms with Gasteiger partial charge in [-0.2, -0.15) is 0 Å². The fraction of sp³-hybridized carbons (Fsp3) is 0.280. The number of nitrogens with zero attached hydrogens (tertiary/aromatic N) is 2. The van der Waals surface area contributed by atoms with Gasteiger partial charge in [0.2, 0.25) is 0 Å². The molecule has 10 heteroatoms. The highest BCUT2D eigenvalue weighted by atomic mass is 32.1. The lowest BCUT2D eigenvalue weighted by Crippen LogP contribution is -2.30. The SMILES string of the molecule is CCOC(=O)CC(NC(=O)c1cc2c(=O)n3ccccc3nc2s1)c1ccc(OCC)c(OC)c1. The molecule has 0 radical (unpaired) electrons. The second kappa shape index (κ2) is 10.6. The van der Waals surface area contributed by atoms with Crippen LogP contribution in [0, 0.1) is 0 Å². The molecule has 0 saturated carbocycles. The quantitative estimate of drug-likeness (QED) is 0.352. The lowest BCUT2D eigenvalue weighted by Gasteiger charge is -2.20. The fourth-order valence-corrected chi connectivity index (χ4v) is 4.64. The molecule has 1 unspecified atom stereocenters. The first-order valence-corrected chi connectivity index (χ1v) is 11.9. The smallest absolute Gasteiger partial charge is 0.308 e. The van der Waals surface area contributed by atoms with Crippen LogP contribution in [0.3, 0.4) is 0 Å². The number of fused-ring (bicyclic) bond motifs is 2. The number of pyridine rings is 1. The molecule has 0 fully saturated rings. The number of methoxy groups -OCH3 is 1. The molecule has 1 aromatic carbocycles. The number of thiophene rings is 1. The molecule has 0 aliphatic rings. The van der Waals surface area contributed by atoms with Crippen molar-refractivity contribution in [1.29, 1.82) is 0 Å². The van der Waals surface area contributed by atoms with E-state index in [1.807, 2.05) is 6.92 Å². The van der Waals surface area contributed by atoms with Crippen LogP contribution in [0.15, 0.2) is 53.5 Å². The van der Waals surface area contributed by atoms with Gasteiger partial charge < -0.3 is 19.5 Å². The van der Waals surface area contributed by atoms with Crippen molar-refractivity contribution in [1.82, 2.24) is 14.7 Å². The van der Waals surface area contributed by atoms with Gasteiger partial charge in [-0.05, 0) is 49.7 Å². The van der Waals surface area contributed by atoms with E-state index in [0.717, 1.165) is 11.3 Å². The standard InChI is InChI=1S/C25H25N3O6S/c1-4-33-18-10-9-15(12-19(18)32-3)17(14-22(29)34-5-2)26-23(30)20-13-16-24(35-20)27-21-8-6-7-11-28(21)25(16)31/h6-13,17H,4-5,14H2,1-3H3,(H,26,30). The number of hydrogen-bond acceptors (Lipinski definition) is 8. The third kappa shape index (κ3) is 5.12. The average Bonchev–Trinajstić information content (AvgIpc) is 3.29. The lowest BCUT2D eigenvalue weighted by atomic mass is 10.0. The van der Waals surface area contributed by atoms with E-state index in [9.17, 15) is 14.4 Å². The van der Waals surface area contributed by atoms with Crippen molar-refractivity contribution in [3.05, 3.63) is 69.5 Å². The number of aromatic nitrogens is 2. The van der Waals surface area contributed by atoms with Crippen LogP contribution in [-0.2, 0) is 9.53 Å². The number of ether oxygens (including phenoxy) is 3. The summed E-state index contributed by atoms with van der Waals surface area (Å²) in [5, 5.41) is 3.26. The minimum Gasteiger partial charge on any atom is -0.493 e. The molecule has 35 heavy (non-hydrogen) atoms. The maximum absolute atomic E-state index is 13.2. The third-order valence-corrected chi connectivity index (χ3v) is 6.34. The number of benzene rings is 1. The van der Waals surface area contributed by atoms with Gasteiger partial charge in [-0.25, -0.2) is 4.98 Å². The van der Waals surface area contributed by atoms with Gasteiger partial charge in [0.25, 0.3) is 11.5 Å². The monoisotopic (exact) mass is 495 g/mol. The summed E-state index contributed by atoms with van der Waals surface area (Å²) in [4.78, 5) is 43.7. The van der Waals surface area contributed by atoms with E-state index >= 15 is 0 Å². The number of esters is 1. The summed E-state index contributed by atoms with van der Waals surface area (Å²) in [6.07, 6.45) is 1.56. The minimum absolute atomic E-state index is 0.0770. The second-order valence-electron chi connectivity index (χ2n) is 7.55. The molecule has 4 aromatic rings. The highest BCUT2D eigenvalue weighted by Gasteiger charge is 2.23. The first-order chi connectivity index (χ1) is 16.9. The Morgan fingerprint density at radius 2 is 1.94 bits per heavy atom. The topological polar surface area (TPSA) is 108 Å². The molecule has 0 aliphatic carbocycles. The van der Waals surface area contributed by atoms with Gasteiger partial charge in [0.05, 0.1) is 43.0 Å². The maximum atomic E-state index is 13.2. The molecule has 0 spiro atoms. The van der Waals surface area contributed by atoms with Crippen molar-refractivity contribution < 1.29 is 23.8 Å². The Morgan fingerprint density at radius 3 is 2.69 bits per heavy atom. The van der Waals surface area contributed by atoms with Crippen LogP contribution in [0.1, 0.15) is 41.5 Å². The van der Waals surface area contributed by atoms with Gasteiger partial charge in [0.15, 0.2) is 11.5 Å². The molecule has 1 N–H and O–H groups in total. The second-order valence-corrected chi connectivity index (χ2v) is 8.58. The van der Waals surface area contributed by atoms with Crippen LogP contribution < -0.4 is 20.3 Å². The molecule has 0 bridgehead atoms. The Morgan fingerprint density at radius 1 is 1.11 bits per heavy atom. The van der Waals surface area contributed by atoms with E-state index in [1.165, 1.54) is 17.6 Å². The first kappa shape index (κ1) is 24.2. The van der Waals surface area contributed by atoms with Gasteiger partial charge in [-0.3, -0.25) is 18.8 Å². The van der Waals surface area contributed by atoms with Gasteiger partial charge in [-0.15, -0.1) is 11.3 Å². The summed E-state index contributed by atoms with van der Waals surface area (Å²) in [7, 11) is 1.52. The van der Waals surface area contributed by atoms with Crippen molar-refractivity contribution in [3.63, 3.8) is 0 Å². The highest BCUT2D eigenvalue weighted by Crippen LogP contribution is 2.32. The molecule has 1 atom stereocenters. The lowest BCUT2D eigenvalue weighted by molar-refractivity contribution is -0.143. The summed E-state index contributed by atoms with van der Waals surface area (Å²) in [5.41, 5.74) is 0.900. The molecular weight excluding hydrogens is 470 g/mol. The number of carbonyl (C=O) groups excluding carboxylic acids is 2. The van der Waals surface area contributed by atoms with Crippen LogP contribution in [0.2, 0.25) is 0 Å². The Kier molecular flexibility index (Phi) is 7.31. The highest BCUT2D eigenvalue weighted by molar-refractivity contribution is 7.20. The van der Waals surface area contributed by atoms with E-state index < -0.39 is 17.9 Å². The van der Waals surface area contributed by atoms with Crippen LogP contribution in [0.25, 0.3) is 15.9 Å².